The van der Waals surface area contributed by atoms with Gasteiger partial charge in [0.05, 0.1) is 0 Å². The van der Waals surface area contributed by atoms with E-state index in [4.69, 9.17) is 0 Å². The van der Waals surface area contributed by atoms with Gasteiger partial charge in [-0.3, -0.25) is 0 Å². The van der Waals surface area contributed by atoms with Crippen LogP contribution < -0.4 is 5.32 Å². The van der Waals surface area contributed by atoms with Gasteiger partial charge in [-0.1, -0.05) is 29.8 Å². The highest BCUT2D eigenvalue weighted by Crippen LogP contribution is 2.12. The summed E-state index contributed by atoms with van der Waals surface area (Å²) in [5.41, 5.74) is 2.73. The van der Waals surface area contributed by atoms with E-state index >= 15 is 0 Å². The molecule has 2 aromatic rings. The van der Waals surface area contributed by atoms with Gasteiger partial charge in [-0.15, -0.1) is 0 Å². The fourth-order valence-electron chi connectivity index (χ4n) is 2.63. The first-order chi connectivity index (χ1) is 10.1. The Morgan fingerprint density at radius 2 is 2.10 bits per heavy atom. The summed E-state index contributed by atoms with van der Waals surface area (Å²) in [4.78, 5) is 4.41. The Balaban J connectivity index is 1.95. The molecule has 1 unspecified atom stereocenters. The van der Waals surface area contributed by atoms with Gasteiger partial charge >= 0.3 is 0 Å². The first-order valence-electron chi connectivity index (χ1n) is 7.71. The average molecular weight is 286 g/mol. The normalized spacial score (nSPS) is 12.8. The van der Waals surface area contributed by atoms with Gasteiger partial charge in [0.2, 0.25) is 0 Å². The van der Waals surface area contributed by atoms with Gasteiger partial charge in [0, 0.05) is 18.5 Å². The molecule has 0 saturated carbocycles. The zero-order valence-corrected chi connectivity index (χ0v) is 13.5. The van der Waals surface area contributed by atoms with E-state index in [2.05, 4.69) is 60.4 Å². The Bertz CT molecular complexity index is 559. The minimum Gasteiger partial charge on any atom is -0.317 e. The quantitative estimate of drug-likeness (QED) is 0.851. The molecule has 0 bridgehead atoms. The highest BCUT2D eigenvalue weighted by Gasteiger charge is 2.14. The average Bonchev–Trinajstić information content (AvgIpc) is 2.91. The highest BCUT2D eigenvalue weighted by molar-refractivity contribution is 5.22. The summed E-state index contributed by atoms with van der Waals surface area (Å²) in [5.74, 6) is 1.06. The van der Waals surface area contributed by atoms with Crippen LogP contribution >= 0.6 is 0 Å². The Kier molecular flexibility index (Phi) is 5.51. The second kappa shape index (κ2) is 7.36. The molecule has 0 saturated heterocycles. The predicted octanol–water partition coefficient (Wildman–Crippen LogP) is 2.93. The van der Waals surface area contributed by atoms with Gasteiger partial charge in [0.25, 0.3) is 0 Å². The SMILES string of the molecule is CNC(CCc1cccc(C)c1)Cc1ncnn1C(C)C. The van der Waals surface area contributed by atoms with Crippen LogP contribution in [0.4, 0.5) is 0 Å². The van der Waals surface area contributed by atoms with Gasteiger partial charge in [0.15, 0.2) is 0 Å². The molecule has 4 nitrogen and oxygen atoms in total. The monoisotopic (exact) mass is 286 g/mol. The van der Waals surface area contributed by atoms with Crippen LogP contribution in [0.5, 0.6) is 0 Å². The minimum absolute atomic E-state index is 0.358. The van der Waals surface area contributed by atoms with Gasteiger partial charge < -0.3 is 5.32 Å². The molecule has 0 aliphatic carbocycles. The molecule has 0 aliphatic rings. The zero-order chi connectivity index (χ0) is 15.2. The lowest BCUT2D eigenvalue weighted by Gasteiger charge is -2.17. The van der Waals surface area contributed by atoms with Crippen molar-refractivity contribution in [1.29, 1.82) is 0 Å². The summed E-state index contributed by atoms with van der Waals surface area (Å²) in [6.45, 7) is 6.42. The molecule has 0 aliphatic heterocycles. The van der Waals surface area contributed by atoms with Gasteiger partial charge in [-0.2, -0.15) is 5.10 Å². The molecule has 2 rings (SSSR count). The van der Waals surface area contributed by atoms with E-state index in [1.807, 2.05) is 11.7 Å². The summed E-state index contributed by atoms with van der Waals surface area (Å²) in [5, 5.41) is 7.72. The Morgan fingerprint density at radius 3 is 2.76 bits per heavy atom. The molecule has 1 aromatic carbocycles. The number of aryl methyl sites for hydroxylation is 2. The maximum Gasteiger partial charge on any atom is 0.138 e. The molecule has 4 heteroatoms. The van der Waals surface area contributed by atoms with Crippen molar-refractivity contribution >= 4 is 0 Å². The van der Waals surface area contributed by atoms with Crippen molar-refractivity contribution in [2.45, 2.75) is 52.1 Å². The summed E-state index contributed by atoms with van der Waals surface area (Å²) >= 11 is 0. The van der Waals surface area contributed by atoms with E-state index in [0.29, 0.717) is 12.1 Å². The van der Waals surface area contributed by atoms with Gasteiger partial charge in [-0.25, -0.2) is 9.67 Å². The van der Waals surface area contributed by atoms with Gasteiger partial charge in [0.1, 0.15) is 12.2 Å². The number of rotatable bonds is 7. The Morgan fingerprint density at radius 1 is 1.29 bits per heavy atom. The molecule has 0 fully saturated rings. The van der Waals surface area contributed by atoms with Crippen molar-refractivity contribution in [2.75, 3.05) is 7.05 Å². The molecular weight excluding hydrogens is 260 g/mol. The van der Waals surface area contributed by atoms with Crippen molar-refractivity contribution in [3.63, 3.8) is 0 Å². The van der Waals surface area contributed by atoms with Crippen LogP contribution in [0.25, 0.3) is 0 Å². The largest absolute Gasteiger partial charge is 0.317 e. The molecule has 1 N–H and O–H groups in total. The molecule has 0 radical (unpaired) electrons. The third-order valence-corrected chi connectivity index (χ3v) is 3.84. The Hall–Kier alpha value is -1.68. The fraction of sp³-hybridized carbons (Fsp3) is 0.529. The van der Waals surface area contributed by atoms with Crippen LogP contribution in [0.2, 0.25) is 0 Å². The molecule has 21 heavy (non-hydrogen) atoms. The smallest absolute Gasteiger partial charge is 0.138 e. The molecule has 114 valence electrons. The van der Waals surface area contributed by atoms with Crippen LogP contribution in [0.15, 0.2) is 30.6 Å². The summed E-state index contributed by atoms with van der Waals surface area (Å²) in [7, 11) is 2.02. The molecular formula is C17H26N4. The van der Waals surface area contributed by atoms with Crippen LogP contribution in [0, 0.1) is 6.92 Å². The van der Waals surface area contributed by atoms with Crippen LogP contribution in [0.1, 0.15) is 43.3 Å². The lowest BCUT2D eigenvalue weighted by Crippen LogP contribution is -2.29. The second-order valence-electron chi connectivity index (χ2n) is 5.93. The molecule has 1 heterocycles. The number of nitrogens with one attached hydrogen (secondary N) is 1. The van der Waals surface area contributed by atoms with Crippen molar-refractivity contribution < 1.29 is 0 Å². The van der Waals surface area contributed by atoms with Crippen LogP contribution in [0.3, 0.4) is 0 Å². The van der Waals surface area contributed by atoms with Gasteiger partial charge in [-0.05, 0) is 46.2 Å². The van der Waals surface area contributed by atoms with Crippen molar-refractivity contribution in [3.8, 4) is 0 Å². The molecule has 0 spiro atoms. The lowest BCUT2D eigenvalue weighted by molar-refractivity contribution is 0.458. The topological polar surface area (TPSA) is 42.7 Å². The zero-order valence-electron chi connectivity index (χ0n) is 13.5. The maximum absolute atomic E-state index is 4.41. The number of hydrogen-bond donors (Lipinski definition) is 1. The number of aromatic nitrogens is 3. The highest BCUT2D eigenvalue weighted by atomic mass is 15.3. The van der Waals surface area contributed by atoms with E-state index in [1.165, 1.54) is 11.1 Å². The summed E-state index contributed by atoms with van der Waals surface area (Å²) < 4.78 is 2.01. The fourth-order valence-corrected chi connectivity index (χ4v) is 2.63. The second-order valence-corrected chi connectivity index (χ2v) is 5.93. The molecule has 1 aromatic heterocycles. The van der Waals surface area contributed by atoms with E-state index in [0.717, 1.165) is 25.1 Å². The van der Waals surface area contributed by atoms with E-state index in [9.17, 15) is 0 Å². The number of likely N-dealkylation sites (N-methyl/N-ethyl adjacent to an activating group) is 1. The van der Waals surface area contributed by atoms with Crippen molar-refractivity contribution in [2.24, 2.45) is 0 Å². The summed E-state index contributed by atoms with van der Waals surface area (Å²) in [6, 6.07) is 9.53. The first-order valence-corrected chi connectivity index (χ1v) is 7.71. The van der Waals surface area contributed by atoms with Crippen molar-refractivity contribution in [1.82, 2.24) is 20.1 Å². The standard InChI is InChI=1S/C17H26N4/c1-13(2)21-17(19-12-20-21)11-16(18-4)9-8-15-7-5-6-14(3)10-15/h5-7,10,12-13,16,18H,8-9,11H2,1-4H3. The first kappa shape index (κ1) is 15.7. The summed E-state index contributed by atoms with van der Waals surface area (Å²) in [6.07, 6.45) is 4.76. The van der Waals surface area contributed by atoms with Crippen molar-refractivity contribution in [3.05, 3.63) is 47.5 Å². The third kappa shape index (κ3) is 4.39. The molecule has 0 amide bonds. The number of nitrogens with zero attached hydrogens (tertiary/aromatic N) is 3. The minimum atomic E-state index is 0.358. The van der Waals surface area contributed by atoms with E-state index < -0.39 is 0 Å². The molecule has 1 atom stereocenters. The predicted molar refractivity (Wildman–Crippen MR) is 86.5 cm³/mol. The maximum atomic E-state index is 4.41. The lowest BCUT2D eigenvalue weighted by atomic mass is 10.0. The third-order valence-electron chi connectivity index (χ3n) is 3.84. The number of benzene rings is 1. The van der Waals surface area contributed by atoms with E-state index in [-0.39, 0.29) is 0 Å². The Labute approximate surface area is 127 Å². The number of hydrogen-bond acceptors (Lipinski definition) is 3. The van der Waals surface area contributed by atoms with Crippen LogP contribution in [-0.2, 0) is 12.8 Å². The van der Waals surface area contributed by atoms with Crippen LogP contribution in [-0.4, -0.2) is 27.9 Å². The van der Waals surface area contributed by atoms with E-state index in [1.54, 1.807) is 6.33 Å².